The van der Waals surface area contributed by atoms with Crippen molar-refractivity contribution < 1.29 is 9.22 Å². The van der Waals surface area contributed by atoms with E-state index in [1.807, 2.05) is 4.52 Å². The molecule has 2 N–H and O–H groups in total. The predicted octanol–water partition coefficient (Wildman–Crippen LogP) is 2.02. The van der Waals surface area contributed by atoms with Crippen molar-refractivity contribution in [3.05, 3.63) is 23.4 Å². The number of aromatic nitrogens is 2. The maximum Gasteiger partial charge on any atom is 0.257 e. The molecule has 1 saturated heterocycles. The molecular weight excluding hydrogens is 276 g/mol. The second-order valence-corrected chi connectivity index (χ2v) is 7.02. The van der Waals surface area contributed by atoms with Gasteiger partial charge in [-0.25, -0.2) is 4.52 Å². The van der Waals surface area contributed by atoms with Gasteiger partial charge in [0, 0.05) is 18.5 Å². The number of pyridine rings is 1. The number of rotatable bonds is 4. The molecule has 1 aliphatic carbocycles. The van der Waals surface area contributed by atoms with Crippen LogP contribution in [0.5, 0.6) is 5.88 Å². The van der Waals surface area contributed by atoms with Gasteiger partial charge in [-0.2, -0.15) is 0 Å². The fraction of sp³-hybridized carbons (Fsp3) is 0.588. The van der Waals surface area contributed by atoms with Crippen molar-refractivity contribution in [1.29, 1.82) is 0 Å². The van der Waals surface area contributed by atoms with E-state index in [9.17, 15) is 0 Å². The van der Waals surface area contributed by atoms with Crippen molar-refractivity contribution in [2.45, 2.75) is 32.1 Å². The van der Waals surface area contributed by atoms with E-state index in [0.29, 0.717) is 18.2 Å². The number of likely N-dealkylation sites (tertiary alicyclic amines) is 1. The molecule has 5 heteroatoms. The average molecular weight is 301 g/mol. The number of ether oxygens (including phenoxy) is 1. The summed E-state index contributed by atoms with van der Waals surface area (Å²) >= 11 is 0. The molecule has 4 rings (SSSR count). The molecule has 0 amide bonds. The summed E-state index contributed by atoms with van der Waals surface area (Å²) in [5.41, 5.74) is 10.6. The highest BCUT2D eigenvalue weighted by atomic mass is 16.5. The third kappa shape index (κ3) is 2.24. The van der Waals surface area contributed by atoms with Gasteiger partial charge >= 0.3 is 0 Å². The van der Waals surface area contributed by atoms with Gasteiger partial charge in [0.1, 0.15) is 18.8 Å². The van der Waals surface area contributed by atoms with Gasteiger partial charge in [-0.1, -0.05) is 6.07 Å². The summed E-state index contributed by atoms with van der Waals surface area (Å²) in [6.45, 7) is 4.24. The van der Waals surface area contributed by atoms with E-state index in [1.54, 1.807) is 0 Å². The van der Waals surface area contributed by atoms with Crippen molar-refractivity contribution in [2.75, 3.05) is 39.0 Å². The van der Waals surface area contributed by atoms with Crippen LogP contribution in [0.25, 0.3) is 5.52 Å². The number of hydrogen-bond donors (Lipinski definition) is 1. The summed E-state index contributed by atoms with van der Waals surface area (Å²) in [4.78, 5) is 0. The largest absolute Gasteiger partial charge is 0.469 e. The molecule has 0 aromatic carbocycles. The number of quaternary nitrogens is 1. The fourth-order valence-electron chi connectivity index (χ4n) is 3.93. The number of aryl methyl sites for hydroxylation is 2. The third-order valence-electron chi connectivity index (χ3n) is 5.37. The molecule has 1 fully saturated rings. The molecule has 2 aromatic rings. The highest BCUT2D eigenvalue weighted by Gasteiger charge is 2.27. The first-order valence-corrected chi connectivity index (χ1v) is 8.42. The first-order valence-electron chi connectivity index (χ1n) is 8.42. The number of nitrogens with two attached hydrogens (primary N) is 1. The molecule has 118 valence electrons. The SMILES string of the molecule is C[N+]1(CCOc2nn3c4c(ccc3c2N)CCC4)CCCC1. The Hall–Kier alpha value is -1.75. The predicted molar refractivity (Wildman–Crippen MR) is 87.1 cm³/mol. The summed E-state index contributed by atoms with van der Waals surface area (Å²) in [7, 11) is 2.32. The molecule has 22 heavy (non-hydrogen) atoms. The number of nitrogens with zero attached hydrogens (tertiary/aromatic N) is 3. The molecule has 5 nitrogen and oxygen atoms in total. The van der Waals surface area contributed by atoms with Crippen molar-refractivity contribution in [3.63, 3.8) is 0 Å². The van der Waals surface area contributed by atoms with Gasteiger partial charge in [-0.05, 0) is 30.9 Å². The minimum Gasteiger partial charge on any atom is -0.469 e. The van der Waals surface area contributed by atoms with Crippen LogP contribution < -0.4 is 10.5 Å². The van der Waals surface area contributed by atoms with Crippen molar-refractivity contribution in [2.24, 2.45) is 0 Å². The summed E-state index contributed by atoms with van der Waals surface area (Å²) < 4.78 is 9.05. The Balaban J connectivity index is 1.53. The topological polar surface area (TPSA) is 52.5 Å². The van der Waals surface area contributed by atoms with E-state index in [4.69, 9.17) is 10.5 Å². The van der Waals surface area contributed by atoms with Crippen molar-refractivity contribution in [3.8, 4) is 5.88 Å². The lowest BCUT2D eigenvalue weighted by atomic mass is 10.2. The Morgan fingerprint density at radius 3 is 2.86 bits per heavy atom. The highest BCUT2D eigenvalue weighted by molar-refractivity contribution is 5.75. The summed E-state index contributed by atoms with van der Waals surface area (Å²) in [5, 5.41) is 4.63. The van der Waals surface area contributed by atoms with Crippen LogP contribution in [0.3, 0.4) is 0 Å². The van der Waals surface area contributed by atoms with Crippen LogP contribution in [-0.4, -0.2) is 47.4 Å². The van der Waals surface area contributed by atoms with Gasteiger partial charge in [0.05, 0.1) is 25.7 Å². The fourth-order valence-corrected chi connectivity index (χ4v) is 3.93. The Morgan fingerprint density at radius 1 is 1.23 bits per heavy atom. The first kappa shape index (κ1) is 13.9. The Labute approximate surface area is 131 Å². The lowest BCUT2D eigenvalue weighted by Gasteiger charge is -2.28. The van der Waals surface area contributed by atoms with Crippen molar-refractivity contribution >= 4 is 11.2 Å². The Kier molecular flexibility index (Phi) is 3.26. The lowest BCUT2D eigenvalue weighted by Crippen LogP contribution is -2.43. The highest BCUT2D eigenvalue weighted by Crippen LogP contribution is 2.30. The van der Waals surface area contributed by atoms with Crippen LogP contribution in [0.1, 0.15) is 30.5 Å². The molecule has 2 aliphatic rings. The second kappa shape index (κ2) is 5.16. The van der Waals surface area contributed by atoms with E-state index >= 15 is 0 Å². The minimum atomic E-state index is 0.603. The standard InChI is InChI=1S/C17H25N4O/c1-21(9-2-3-10-21)11-12-22-17-16(18)15-8-7-13-5-4-6-14(13)20(15)19-17/h7-8H,2-6,9-12,18H2,1H3/q+1. The van der Waals surface area contributed by atoms with Gasteiger partial charge in [-0.3, -0.25) is 0 Å². The zero-order valence-corrected chi connectivity index (χ0v) is 13.3. The van der Waals surface area contributed by atoms with Crippen LogP contribution >= 0.6 is 0 Å². The van der Waals surface area contributed by atoms with Crippen LogP contribution in [0.4, 0.5) is 5.69 Å². The number of hydrogen-bond acceptors (Lipinski definition) is 3. The van der Waals surface area contributed by atoms with Gasteiger partial charge < -0.3 is 15.0 Å². The monoisotopic (exact) mass is 301 g/mol. The summed E-state index contributed by atoms with van der Waals surface area (Å²) in [6.07, 6.45) is 6.11. The third-order valence-corrected chi connectivity index (χ3v) is 5.37. The van der Waals surface area contributed by atoms with Crippen LogP contribution in [-0.2, 0) is 12.8 Å². The Bertz CT molecular complexity index is 700. The maximum absolute atomic E-state index is 6.25. The number of anilines is 1. The van der Waals surface area contributed by atoms with E-state index in [1.165, 1.54) is 43.6 Å². The second-order valence-electron chi connectivity index (χ2n) is 7.02. The molecule has 0 spiro atoms. The number of fused-ring (bicyclic) bond motifs is 3. The summed E-state index contributed by atoms with van der Waals surface area (Å²) in [5.74, 6) is 0.603. The maximum atomic E-state index is 6.25. The molecule has 1 aliphatic heterocycles. The van der Waals surface area contributed by atoms with Crippen LogP contribution in [0.15, 0.2) is 12.1 Å². The van der Waals surface area contributed by atoms with Crippen LogP contribution in [0.2, 0.25) is 0 Å². The molecule has 0 saturated carbocycles. The lowest BCUT2D eigenvalue weighted by molar-refractivity contribution is -0.897. The summed E-state index contributed by atoms with van der Waals surface area (Å²) in [6, 6.07) is 4.27. The van der Waals surface area contributed by atoms with Crippen molar-refractivity contribution in [1.82, 2.24) is 9.61 Å². The van der Waals surface area contributed by atoms with Gasteiger partial charge in [-0.15, -0.1) is 5.10 Å². The smallest absolute Gasteiger partial charge is 0.257 e. The van der Waals surface area contributed by atoms with Gasteiger partial charge in [0.2, 0.25) is 0 Å². The molecule has 0 unspecified atom stereocenters. The van der Waals surface area contributed by atoms with Crippen LogP contribution in [0, 0.1) is 0 Å². The average Bonchev–Trinajstić information content (AvgIpc) is 3.20. The molecule has 0 radical (unpaired) electrons. The van der Waals surface area contributed by atoms with E-state index < -0.39 is 0 Å². The van der Waals surface area contributed by atoms with E-state index in [-0.39, 0.29) is 0 Å². The first-order chi connectivity index (χ1) is 10.7. The normalized spacial score (nSPS) is 19.7. The zero-order valence-electron chi connectivity index (χ0n) is 13.3. The minimum absolute atomic E-state index is 0.603. The van der Waals surface area contributed by atoms with Gasteiger partial charge in [0.25, 0.3) is 5.88 Å². The Morgan fingerprint density at radius 2 is 2.05 bits per heavy atom. The number of likely N-dealkylation sites (N-methyl/N-ethyl adjacent to an activating group) is 1. The molecular formula is C17H25N4O+. The zero-order chi connectivity index (χ0) is 15.2. The molecule has 2 aromatic heterocycles. The van der Waals surface area contributed by atoms with Gasteiger partial charge in [0.15, 0.2) is 0 Å². The number of nitrogen functional groups attached to an aromatic ring is 1. The van der Waals surface area contributed by atoms with E-state index in [2.05, 4.69) is 24.3 Å². The van der Waals surface area contributed by atoms with E-state index in [0.717, 1.165) is 29.4 Å². The quantitative estimate of drug-likeness (QED) is 0.879. The molecule has 0 bridgehead atoms. The molecule has 3 heterocycles. The molecule has 0 atom stereocenters.